The molecule has 0 aromatic carbocycles. The highest BCUT2D eigenvalue weighted by Crippen LogP contribution is 2.19. The maximum Gasteiger partial charge on any atom is 0.147 e. The smallest absolute Gasteiger partial charge is 0.147 e. The predicted octanol–water partition coefficient (Wildman–Crippen LogP) is 0.679. The Morgan fingerprint density at radius 1 is 1.47 bits per heavy atom. The Balaban J connectivity index is 2.21. The molecular weight excluding hydrogens is 218 g/mol. The Morgan fingerprint density at radius 2 is 2.24 bits per heavy atom. The summed E-state index contributed by atoms with van der Waals surface area (Å²) in [6.07, 6.45) is 1.66. The fraction of sp³-hybridized carbons (Fsp3) is 0.667. The van der Waals surface area contributed by atoms with Crippen LogP contribution in [0.2, 0.25) is 0 Å². The van der Waals surface area contributed by atoms with Gasteiger partial charge >= 0.3 is 0 Å². The number of hydrogen-bond donors (Lipinski definition) is 1. The second kappa shape index (κ2) is 4.98. The van der Waals surface area contributed by atoms with Crippen molar-refractivity contribution in [3.05, 3.63) is 17.6 Å². The van der Waals surface area contributed by atoms with Crippen LogP contribution in [0.1, 0.15) is 18.3 Å². The van der Waals surface area contributed by atoms with Crippen LogP contribution in [0.4, 0.5) is 5.82 Å². The van der Waals surface area contributed by atoms with Crippen LogP contribution in [0, 0.1) is 13.8 Å². The lowest BCUT2D eigenvalue weighted by atomic mass is 10.2. The van der Waals surface area contributed by atoms with Crippen LogP contribution in [-0.2, 0) is 4.74 Å². The highest BCUT2D eigenvalue weighted by Gasteiger charge is 2.26. The summed E-state index contributed by atoms with van der Waals surface area (Å²) in [5.74, 6) is 0.863. The Hall–Kier alpha value is -1.20. The summed E-state index contributed by atoms with van der Waals surface area (Å²) in [7, 11) is 0. The van der Waals surface area contributed by atoms with Crippen molar-refractivity contribution in [3.8, 4) is 0 Å². The van der Waals surface area contributed by atoms with Crippen LogP contribution in [0.25, 0.3) is 0 Å². The van der Waals surface area contributed by atoms with E-state index in [0.29, 0.717) is 13.2 Å². The zero-order valence-electron chi connectivity index (χ0n) is 10.6. The molecule has 0 spiro atoms. The first kappa shape index (κ1) is 12.3. The highest BCUT2D eigenvalue weighted by atomic mass is 16.5. The zero-order chi connectivity index (χ0) is 12.4. The Morgan fingerprint density at radius 3 is 2.88 bits per heavy atom. The van der Waals surface area contributed by atoms with Gasteiger partial charge in [-0.3, -0.25) is 4.98 Å². The van der Waals surface area contributed by atoms with E-state index < -0.39 is 0 Å². The van der Waals surface area contributed by atoms with Gasteiger partial charge in [-0.2, -0.15) is 0 Å². The van der Waals surface area contributed by atoms with Crippen molar-refractivity contribution in [1.82, 2.24) is 9.97 Å². The average molecular weight is 237 g/mol. The van der Waals surface area contributed by atoms with Crippen LogP contribution in [-0.4, -0.2) is 47.0 Å². The molecule has 1 aliphatic rings. The number of hydrogen-bond acceptors (Lipinski definition) is 5. The van der Waals surface area contributed by atoms with E-state index in [-0.39, 0.29) is 18.8 Å². The molecule has 5 heteroatoms. The van der Waals surface area contributed by atoms with E-state index in [9.17, 15) is 0 Å². The monoisotopic (exact) mass is 237 g/mol. The van der Waals surface area contributed by atoms with E-state index >= 15 is 0 Å². The summed E-state index contributed by atoms with van der Waals surface area (Å²) in [6, 6.07) is 0.259. The second-order valence-electron chi connectivity index (χ2n) is 4.54. The van der Waals surface area contributed by atoms with Gasteiger partial charge in [0.1, 0.15) is 5.82 Å². The van der Waals surface area contributed by atoms with Gasteiger partial charge in [0.05, 0.1) is 42.9 Å². The SMILES string of the molecule is Cc1ncc(N2CC(CO)OCC2C)nc1C. The van der Waals surface area contributed by atoms with Crippen LogP contribution in [0.15, 0.2) is 6.20 Å². The summed E-state index contributed by atoms with van der Waals surface area (Å²) in [4.78, 5) is 11.0. The lowest BCUT2D eigenvalue weighted by Gasteiger charge is -2.38. The standard InChI is InChI=1S/C12H19N3O2/c1-8-7-17-11(6-16)5-15(8)12-4-13-9(2)10(3)14-12/h4,8,11,16H,5-7H2,1-3H3. The van der Waals surface area contributed by atoms with E-state index in [4.69, 9.17) is 9.84 Å². The number of aliphatic hydroxyl groups excluding tert-OH is 1. The van der Waals surface area contributed by atoms with Crippen LogP contribution in [0.5, 0.6) is 0 Å². The molecule has 0 amide bonds. The molecule has 2 atom stereocenters. The van der Waals surface area contributed by atoms with E-state index in [1.165, 1.54) is 0 Å². The van der Waals surface area contributed by atoms with E-state index in [1.54, 1.807) is 6.20 Å². The quantitative estimate of drug-likeness (QED) is 0.819. The first-order valence-electron chi connectivity index (χ1n) is 5.91. The van der Waals surface area contributed by atoms with Gasteiger partial charge in [-0.25, -0.2) is 4.98 Å². The number of rotatable bonds is 2. The Kier molecular flexibility index (Phi) is 3.59. The van der Waals surface area contributed by atoms with Gasteiger partial charge in [-0.1, -0.05) is 0 Å². The number of morpholine rings is 1. The molecule has 0 saturated carbocycles. The molecule has 2 heterocycles. The first-order chi connectivity index (χ1) is 8.11. The van der Waals surface area contributed by atoms with E-state index in [2.05, 4.69) is 21.8 Å². The molecule has 1 saturated heterocycles. The number of aryl methyl sites for hydroxylation is 2. The number of aromatic nitrogens is 2. The van der Waals surface area contributed by atoms with Gasteiger partial charge in [0.25, 0.3) is 0 Å². The molecule has 0 bridgehead atoms. The van der Waals surface area contributed by atoms with Crippen molar-refractivity contribution in [2.45, 2.75) is 32.9 Å². The number of anilines is 1. The van der Waals surface area contributed by atoms with Crippen molar-refractivity contribution in [3.63, 3.8) is 0 Å². The largest absolute Gasteiger partial charge is 0.394 e. The lowest BCUT2D eigenvalue weighted by molar-refractivity contribution is -0.0106. The number of aliphatic hydroxyl groups is 1. The second-order valence-corrected chi connectivity index (χ2v) is 4.54. The fourth-order valence-corrected chi connectivity index (χ4v) is 1.92. The molecule has 1 aromatic rings. The van der Waals surface area contributed by atoms with Gasteiger partial charge in [0.2, 0.25) is 0 Å². The molecule has 1 aromatic heterocycles. The van der Waals surface area contributed by atoms with Crippen molar-refractivity contribution < 1.29 is 9.84 Å². The molecule has 1 aliphatic heterocycles. The minimum Gasteiger partial charge on any atom is -0.394 e. The topological polar surface area (TPSA) is 58.5 Å². The molecule has 1 N–H and O–H groups in total. The minimum absolute atomic E-state index is 0.0431. The summed E-state index contributed by atoms with van der Waals surface area (Å²) >= 11 is 0. The molecule has 2 unspecified atom stereocenters. The highest BCUT2D eigenvalue weighted by molar-refractivity contribution is 5.39. The molecule has 2 rings (SSSR count). The van der Waals surface area contributed by atoms with Crippen molar-refractivity contribution in [2.75, 3.05) is 24.7 Å². The number of nitrogens with zero attached hydrogens (tertiary/aromatic N) is 3. The van der Waals surface area contributed by atoms with Crippen LogP contribution in [0.3, 0.4) is 0 Å². The molecule has 17 heavy (non-hydrogen) atoms. The Labute approximate surface area is 101 Å². The maximum absolute atomic E-state index is 9.15. The number of ether oxygens (including phenoxy) is 1. The summed E-state index contributed by atoms with van der Waals surface area (Å²) in [5, 5.41) is 9.15. The fourth-order valence-electron chi connectivity index (χ4n) is 1.92. The minimum atomic E-state index is -0.130. The molecule has 94 valence electrons. The van der Waals surface area contributed by atoms with E-state index in [0.717, 1.165) is 17.2 Å². The van der Waals surface area contributed by atoms with Gasteiger partial charge < -0.3 is 14.7 Å². The lowest BCUT2D eigenvalue weighted by Crippen LogP contribution is -2.50. The van der Waals surface area contributed by atoms with Crippen molar-refractivity contribution in [1.29, 1.82) is 0 Å². The predicted molar refractivity (Wildman–Crippen MR) is 65.1 cm³/mol. The molecule has 1 fully saturated rings. The molecule has 0 aliphatic carbocycles. The normalized spacial score (nSPS) is 25.1. The first-order valence-corrected chi connectivity index (χ1v) is 5.91. The summed E-state index contributed by atoms with van der Waals surface area (Å²) in [6.45, 7) is 7.31. The van der Waals surface area contributed by atoms with Crippen molar-refractivity contribution >= 4 is 5.82 Å². The van der Waals surface area contributed by atoms with E-state index in [1.807, 2.05) is 13.8 Å². The van der Waals surface area contributed by atoms with Crippen molar-refractivity contribution in [2.24, 2.45) is 0 Å². The summed E-state index contributed by atoms with van der Waals surface area (Å²) < 4.78 is 5.51. The van der Waals surface area contributed by atoms with Gasteiger partial charge in [-0.05, 0) is 20.8 Å². The van der Waals surface area contributed by atoms with Gasteiger partial charge in [0, 0.05) is 6.54 Å². The summed E-state index contributed by atoms with van der Waals surface area (Å²) in [5.41, 5.74) is 1.90. The maximum atomic E-state index is 9.15. The molecule has 5 nitrogen and oxygen atoms in total. The van der Waals surface area contributed by atoms with Gasteiger partial charge in [0.15, 0.2) is 0 Å². The Bertz CT molecular complexity index is 397. The third kappa shape index (κ3) is 2.56. The molecule has 0 radical (unpaired) electrons. The zero-order valence-corrected chi connectivity index (χ0v) is 10.6. The molecular formula is C12H19N3O2. The van der Waals surface area contributed by atoms with Crippen LogP contribution >= 0.6 is 0 Å². The third-order valence-electron chi connectivity index (χ3n) is 3.18. The third-order valence-corrected chi connectivity index (χ3v) is 3.18. The van der Waals surface area contributed by atoms with Gasteiger partial charge in [-0.15, -0.1) is 0 Å². The average Bonchev–Trinajstić information content (AvgIpc) is 2.33. The van der Waals surface area contributed by atoms with Crippen LogP contribution < -0.4 is 4.90 Å².